The molecule has 3 aliphatic carbocycles. The first-order chi connectivity index (χ1) is 23.9. The molecule has 4 fully saturated rings. The Balaban J connectivity index is 1.58. The summed E-state index contributed by atoms with van der Waals surface area (Å²) in [6, 6.07) is 7.75. The lowest BCUT2D eigenvalue weighted by atomic mass is 9.44. The first-order valence-electron chi connectivity index (χ1n) is 17.6. The maximum Gasteiger partial charge on any atom is 0.338 e. The van der Waals surface area contributed by atoms with Gasteiger partial charge in [-0.25, -0.2) is 4.79 Å². The van der Waals surface area contributed by atoms with Gasteiger partial charge in [0.15, 0.2) is 11.9 Å². The lowest BCUT2D eigenvalue weighted by molar-refractivity contribution is -0.362. The highest BCUT2D eigenvalue weighted by atomic mass is 16.7. The first kappa shape index (κ1) is 37.4. The highest BCUT2D eigenvalue weighted by molar-refractivity contribution is 5.89. The van der Waals surface area contributed by atoms with Crippen LogP contribution in [0.3, 0.4) is 0 Å². The number of hydrogen-bond acceptors (Lipinski definition) is 13. The molecule has 1 aromatic carbocycles. The molecule has 0 spiro atoms. The van der Waals surface area contributed by atoms with E-state index in [0.29, 0.717) is 11.1 Å². The van der Waals surface area contributed by atoms with Crippen LogP contribution < -0.4 is 11.1 Å². The third kappa shape index (κ3) is 5.88. The van der Waals surface area contributed by atoms with Crippen LogP contribution in [0.15, 0.2) is 41.5 Å². The normalized spacial score (nSPS) is 39.8. The van der Waals surface area contributed by atoms with Gasteiger partial charge >= 0.3 is 17.9 Å². The third-order valence-electron chi connectivity index (χ3n) is 12.1. The van der Waals surface area contributed by atoms with Crippen molar-refractivity contribution in [2.75, 3.05) is 13.2 Å². The fourth-order valence-electron chi connectivity index (χ4n) is 9.62. The Morgan fingerprint density at radius 1 is 1.08 bits per heavy atom. The molecule has 2 saturated heterocycles. The summed E-state index contributed by atoms with van der Waals surface area (Å²) < 4.78 is 37.8. The van der Waals surface area contributed by atoms with Crippen molar-refractivity contribution in [3.8, 4) is 0 Å². The van der Waals surface area contributed by atoms with Gasteiger partial charge in [-0.2, -0.15) is 0 Å². The predicted octanol–water partition coefficient (Wildman–Crippen LogP) is 1.69. The van der Waals surface area contributed by atoms with Crippen molar-refractivity contribution < 1.29 is 57.8 Å². The highest BCUT2D eigenvalue weighted by Crippen LogP contribution is 2.66. The number of aliphatic hydroxyl groups excluding tert-OH is 1. The fourth-order valence-corrected chi connectivity index (χ4v) is 9.62. The number of hydrogen-bond donors (Lipinski definition) is 4. The number of esters is 3. The average molecular weight is 715 g/mol. The minimum atomic E-state index is -2.04. The molecule has 14 heteroatoms. The van der Waals surface area contributed by atoms with Crippen molar-refractivity contribution in [2.45, 2.75) is 128 Å². The number of rotatable bonds is 8. The van der Waals surface area contributed by atoms with Gasteiger partial charge in [0.1, 0.15) is 30.0 Å². The molecule has 280 valence electrons. The molecule has 5 N–H and O–H groups in total. The largest absolute Gasteiger partial charge is 0.458 e. The number of carbonyl (C=O) groups is 4. The molecule has 2 aliphatic heterocycles. The summed E-state index contributed by atoms with van der Waals surface area (Å²) in [6.07, 6.45) is -7.60. The third-order valence-corrected chi connectivity index (χ3v) is 12.1. The summed E-state index contributed by atoms with van der Waals surface area (Å²) in [7, 11) is 0. The van der Waals surface area contributed by atoms with E-state index in [4.69, 9.17) is 34.2 Å². The zero-order chi connectivity index (χ0) is 37.3. The van der Waals surface area contributed by atoms with Crippen molar-refractivity contribution in [1.82, 2.24) is 5.32 Å². The number of benzene rings is 1. The number of ether oxygens (including phenoxy) is 6. The van der Waals surface area contributed by atoms with Gasteiger partial charge in [-0.05, 0) is 37.1 Å². The molecule has 5 aliphatic rings. The number of carbonyl (C=O) groups excluding carboxylic acids is 4. The van der Waals surface area contributed by atoms with Crippen LogP contribution in [0.5, 0.6) is 0 Å². The number of amides is 1. The Hall–Kier alpha value is -3.40. The van der Waals surface area contributed by atoms with E-state index < -0.39 is 94.8 Å². The zero-order valence-corrected chi connectivity index (χ0v) is 30.2. The van der Waals surface area contributed by atoms with Crippen LogP contribution in [0.25, 0.3) is 0 Å². The predicted molar refractivity (Wildman–Crippen MR) is 179 cm³/mol. The van der Waals surface area contributed by atoms with Crippen LogP contribution in [0, 0.1) is 16.7 Å². The number of aliphatic hydroxyl groups is 2. The van der Waals surface area contributed by atoms with E-state index >= 15 is 0 Å². The van der Waals surface area contributed by atoms with Gasteiger partial charge in [-0.3, -0.25) is 14.4 Å². The second kappa shape index (κ2) is 13.2. The van der Waals surface area contributed by atoms with E-state index in [9.17, 15) is 29.4 Å². The van der Waals surface area contributed by atoms with E-state index in [0.717, 1.165) is 0 Å². The van der Waals surface area contributed by atoms with Crippen molar-refractivity contribution >= 4 is 23.8 Å². The summed E-state index contributed by atoms with van der Waals surface area (Å²) in [6.45, 7) is 11.3. The Bertz CT molecular complexity index is 1600. The van der Waals surface area contributed by atoms with Gasteiger partial charge in [0.2, 0.25) is 5.91 Å². The summed E-state index contributed by atoms with van der Waals surface area (Å²) in [5, 5.41) is 28.3. The summed E-state index contributed by atoms with van der Waals surface area (Å²) in [4.78, 5) is 52.1. The molecule has 0 radical (unpaired) electrons. The van der Waals surface area contributed by atoms with E-state index in [2.05, 4.69) is 5.32 Å². The Labute approximate surface area is 297 Å². The smallest absolute Gasteiger partial charge is 0.338 e. The lowest BCUT2D eigenvalue weighted by Gasteiger charge is -2.68. The Morgan fingerprint density at radius 2 is 1.76 bits per heavy atom. The molecule has 51 heavy (non-hydrogen) atoms. The fraction of sp³-hybridized carbons (Fsp3) is 0.676. The molecule has 12 unspecified atom stereocenters. The number of nitrogens with one attached hydrogen (secondary N) is 1. The maximum absolute atomic E-state index is 14.1. The van der Waals surface area contributed by atoms with Crippen molar-refractivity contribution in [3.05, 3.63) is 47.0 Å². The zero-order valence-electron chi connectivity index (χ0n) is 30.2. The highest BCUT2D eigenvalue weighted by Gasteiger charge is 2.79. The summed E-state index contributed by atoms with van der Waals surface area (Å²) >= 11 is 0. The minimum absolute atomic E-state index is 0.0342. The van der Waals surface area contributed by atoms with Crippen LogP contribution in [0.2, 0.25) is 0 Å². The van der Waals surface area contributed by atoms with Crippen molar-refractivity contribution in [3.63, 3.8) is 0 Å². The van der Waals surface area contributed by atoms with Gasteiger partial charge in [0.05, 0.1) is 36.7 Å². The molecule has 1 aromatic rings. The van der Waals surface area contributed by atoms with Gasteiger partial charge in [-0.1, -0.05) is 39.0 Å². The number of nitrogens with two attached hydrogens (primary N) is 1. The molecule has 2 heterocycles. The molecule has 0 aromatic heterocycles. The van der Waals surface area contributed by atoms with E-state index in [-0.39, 0.29) is 43.9 Å². The van der Waals surface area contributed by atoms with Crippen LogP contribution in [0.4, 0.5) is 0 Å². The molecule has 14 nitrogen and oxygen atoms in total. The molecular weight excluding hydrogens is 664 g/mol. The molecule has 6 rings (SSSR count). The van der Waals surface area contributed by atoms with Crippen molar-refractivity contribution in [1.29, 1.82) is 0 Å². The molecule has 2 bridgehead atoms. The standard InChI is InChI=1S/C37H50N2O12/c1-18(39-20(3)40)13-26(43)47-23-15-37(45)32(50-33(44)22-11-9-8-10-12-22)30-35(7,24(42)14-25-36(30,17-46-25)51-21(4)41)31-29(48-27(16-38)49-31)28(19(23)2)34(37,5)6/h8-12,18,23-25,27,29-32,42,45H,13-17,38H2,1-7H3,(H,39,40). The van der Waals surface area contributed by atoms with Gasteiger partial charge in [0.25, 0.3) is 0 Å². The topological polar surface area (TPSA) is 202 Å². The average Bonchev–Trinajstić information content (AvgIpc) is 3.47. The van der Waals surface area contributed by atoms with E-state index in [1.165, 1.54) is 13.8 Å². The first-order valence-corrected chi connectivity index (χ1v) is 17.6. The summed E-state index contributed by atoms with van der Waals surface area (Å²) in [5.41, 5.74) is 1.32. The number of fused-ring (bicyclic) bond motifs is 8. The van der Waals surface area contributed by atoms with Crippen LogP contribution >= 0.6 is 0 Å². The second-order valence-electron chi connectivity index (χ2n) is 15.5. The maximum atomic E-state index is 14.1. The minimum Gasteiger partial charge on any atom is -0.458 e. The van der Waals surface area contributed by atoms with E-state index in [1.807, 2.05) is 0 Å². The van der Waals surface area contributed by atoms with Crippen LogP contribution in [-0.4, -0.2) is 107 Å². The molecule has 1 amide bonds. The van der Waals surface area contributed by atoms with Crippen LogP contribution in [0.1, 0.15) is 78.1 Å². The lowest BCUT2D eigenvalue weighted by Crippen LogP contribution is -2.82. The van der Waals surface area contributed by atoms with Crippen LogP contribution in [-0.2, 0) is 42.8 Å². The van der Waals surface area contributed by atoms with E-state index in [1.54, 1.807) is 65.0 Å². The monoisotopic (exact) mass is 714 g/mol. The molecule has 12 atom stereocenters. The second-order valence-corrected chi connectivity index (χ2v) is 15.5. The summed E-state index contributed by atoms with van der Waals surface area (Å²) in [5.74, 6) is -3.43. The quantitative estimate of drug-likeness (QED) is 0.172. The van der Waals surface area contributed by atoms with Gasteiger partial charge < -0.3 is 49.7 Å². The van der Waals surface area contributed by atoms with Crippen molar-refractivity contribution in [2.24, 2.45) is 22.5 Å². The molecular formula is C37H50N2O12. The Morgan fingerprint density at radius 3 is 2.35 bits per heavy atom. The van der Waals surface area contributed by atoms with Gasteiger partial charge in [0, 0.05) is 50.1 Å². The van der Waals surface area contributed by atoms with Gasteiger partial charge in [-0.15, -0.1) is 0 Å². The SMILES string of the molecule is CC(=O)NC(C)CC(=O)OC1CC2(O)C(OC(=O)c3ccccc3)C3C4(OC(C)=O)COC4CC(O)C3(C)C3OC(CN)OC3C(=C1C)C2(C)C. The molecule has 2 saturated carbocycles. The Kier molecular flexibility index (Phi) is 9.69.